The molecule has 0 bridgehead atoms. The Morgan fingerprint density at radius 2 is 1.53 bits per heavy atom. The Labute approximate surface area is 89.3 Å². The van der Waals surface area contributed by atoms with Gasteiger partial charge in [0.1, 0.15) is 0 Å². The maximum Gasteiger partial charge on any atom is 0.303 e. The van der Waals surface area contributed by atoms with Crippen LogP contribution in [-0.4, -0.2) is 28.3 Å². The van der Waals surface area contributed by atoms with E-state index in [1.165, 1.54) is 6.42 Å². The highest BCUT2D eigenvalue weighted by Gasteiger charge is 2.00. The van der Waals surface area contributed by atoms with Crippen molar-refractivity contribution in [3.63, 3.8) is 0 Å². The van der Waals surface area contributed by atoms with E-state index in [-0.39, 0.29) is 19.0 Å². The highest BCUT2D eigenvalue weighted by molar-refractivity contribution is 5.75. The number of nitrogens with two attached hydrogens (primary N) is 2. The molecule has 0 aliphatic heterocycles. The first kappa shape index (κ1) is 16.3. The molecule has 0 aliphatic carbocycles. The van der Waals surface area contributed by atoms with Crippen LogP contribution in [0.3, 0.4) is 0 Å². The molecule has 6 N–H and O–H groups in total. The SMILES string of the molecule is CCCCC(N)N.O=C(O)CCC(=O)O. The monoisotopic (exact) mass is 220 g/mol. The van der Waals surface area contributed by atoms with Gasteiger partial charge in [-0.1, -0.05) is 19.8 Å². The lowest BCUT2D eigenvalue weighted by molar-refractivity contribution is -0.143. The molecule has 0 aromatic carbocycles. The van der Waals surface area contributed by atoms with Crippen LogP contribution in [0.1, 0.15) is 39.0 Å². The van der Waals surface area contributed by atoms with Crippen LogP contribution in [0.2, 0.25) is 0 Å². The molecule has 0 fully saturated rings. The van der Waals surface area contributed by atoms with Crippen LogP contribution in [0.25, 0.3) is 0 Å². The predicted octanol–water partition coefficient (Wildman–Crippen LogP) is 0.356. The zero-order valence-electron chi connectivity index (χ0n) is 8.98. The lowest BCUT2D eigenvalue weighted by atomic mass is 10.2. The van der Waals surface area contributed by atoms with Crippen molar-refractivity contribution in [2.24, 2.45) is 11.5 Å². The van der Waals surface area contributed by atoms with Crippen molar-refractivity contribution >= 4 is 11.9 Å². The molecule has 0 rings (SSSR count). The molecular weight excluding hydrogens is 200 g/mol. The molecule has 0 saturated heterocycles. The summed E-state index contributed by atoms with van der Waals surface area (Å²) in [6, 6.07) is 0. The molecule has 0 atom stereocenters. The lowest BCUT2D eigenvalue weighted by Gasteiger charge is -2.00. The van der Waals surface area contributed by atoms with Crippen LogP contribution in [0.4, 0.5) is 0 Å². The Hall–Kier alpha value is -1.14. The van der Waals surface area contributed by atoms with E-state index in [2.05, 4.69) is 6.92 Å². The topological polar surface area (TPSA) is 127 Å². The Morgan fingerprint density at radius 3 is 1.67 bits per heavy atom. The van der Waals surface area contributed by atoms with Gasteiger partial charge >= 0.3 is 11.9 Å². The summed E-state index contributed by atoms with van der Waals surface area (Å²) >= 11 is 0. The van der Waals surface area contributed by atoms with Crippen molar-refractivity contribution in [3.8, 4) is 0 Å². The van der Waals surface area contributed by atoms with E-state index in [9.17, 15) is 9.59 Å². The first-order valence-corrected chi connectivity index (χ1v) is 4.84. The largest absolute Gasteiger partial charge is 0.481 e. The minimum Gasteiger partial charge on any atom is -0.481 e. The maximum atomic E-state index is 9.64. The molecule has 0 amide bonds. The van der Waals surface area contributed by atoms with Crippen LogP contribution >= 0.6 is 0 Å². The fourth-order valence-corrected chi connectivity index (χ4v) is 0.654. The summed E-state index contributed by atoms with van der Waals surface area (Å²) in [5.41, 5.74) is 10.5. The molecule has 0 aliphatic rings. The Morgan fingerprint density at radius 1 is 1.13 bits per heavy atom. The van der Waals surface area contributed by atoms with Gasteiger partial charge in [0, 0.05) is 0 Å². The molecule has 0 spiro atoms. The standard InChI is InChI=1S/C5H14N2.C4H6O4/c1-2-3-4-5(6)7;5-3(6)1-2-4(7)8/h5H,2-4,6-7H2,1H3;1-2H2,(H,5,6)(H,7,8). The van der Waals surface area contributed by atoms with Crippen molar-refractivity contribution in [3.05, 3.63) is 0 Å². The lowest BCUT2D eigenvalue weighted by Crippen LogP contribution is -2.29. The predicted molar refractivity (Wildman–Crippen MR) is 56.2 cm³/mol. The first-order chi connectivity index (χ1) is 6.90. The summed E-state index contributed by atoms with van der Waals surface area (Å²) in [5, 5.41) is 15.8. The number of hydrogen-bond donors (Lipinski definition) is 4. The number of hydrogen-bond acceptors (Lipinski definition) is 4. The van der Waals surface area contributed by atoms with Gasteiger partial charge in [0.15, 0.2) is 0 Å². The number of carbonyl (C=O) groups is 2. The van der Waals surface area contributed by atoms with Crippen molar-refractivity contribution in [1.82, 2.24) is 0 Å². The quantitative estimate of drug-likeness (QED) is 0.478. The van der Waals surface area contributed by atoms with Crippen molar-refractivity contribution in [1.29, 1.82) is 0 Å². The second kappa shape index (κ2) is 10.9. The molecule has 0 aromatic heterocycles. The smallest absolute Gasteiger partial charge is 0.303 e. The van der Waals surface area contributed by atoms with Crippen LogP contribution in [-0.2, 0) is 9.59 Å². The zero-order valence-corrected chi connectivity index (χ0v) is 8.98. The summed E-state index contributed by atoms with van der Waals surface area (Å²) in [6.45, 7) is 2.13. The van der Waals surface area contributed by atoms with Gasteiger partial charge in [-0.25, -0.2) is 0 Å². The highest BCUT2D eigenvalue weighted by Crippen LogP contribution is 1.91. The summed E-state index contributed by atoms with van der Waals surface area (Å²) in [4.78, 5) is 19.3. The molecule has 6 nitrogen and oxygen atoms in total. The fraction of sp³-hybridized carbons (Fsp3) is 0.778. The van der Waals surface area contributed by atoms with Crippen LogP contribution in [0.15, 0.2) is 0 Å². The van der Waals surface area contributed by atoms with Gasteiger partial charge in [0.25, 0.3) is 0 Å². The van der Waals surface area contributed by atoms with E-state index in [4.69, 9.17) is 21.7 Å². The van der Waals surface area contributed by atoms with Gasteiger partial charge in [0.05, 0.1) is 19.0 Å². The van der Waals surface area contributed by atoms with Crippen LogP contribution in [0.5, 0.6) is 0 Å². The molecule has 0 aromatic rings. The first-order valence-electron chi connectivity index (χ1n) is 4.84. The average Bonchev–Trinajstić information content (AvgIpc) is 2.12. The number of aliphatic carboxylic acids is 2. The highest BCUT2D eigenvalue weighted by atomic mass is 16.4. The average molecular weight is 220 g/mol. The van der Waals surface area contributed by atoms with Gasteiger partial charge < -0.3 is 21.7 Å². The molecule has 0 radical (unpaired) electrons. The fourth-order valence-electron chi connectivity index (χ4n) is 0.654. The van der Waals surface area contributed by atoms with Gasteiger partial charge in [-0.2, -0.15) is 0 Å². The molecule has 0 saturated carbocycles. The normalized spacial score (nSPS) is 9.33. The van der Waals surface area contributed by atoms with E-state index in [1.807, 2.05) is 0 Å². The van der Waals surface area contributed by atoms with Crippen LogP contribution in [0, 0.1) is 0 Å². The molecule has 0 heterocycles. The number of carboxylic acid groups (broad SMARTS) is 2. The van der Waals surface area contributed by atoms with E-state index >= 15 is 0 Å². The summed E-state index contributed by atoms with van der Waals surface area (Å²) < 4.78 is 0. The number of rotatable bonds is 6. The second-order valence-corrected chi connectivity index (χ2v) is 3.09. The molecule has 15 heavy (non-hydrogen) atoms. The molecular formula is C9H20N2O4. The van der Waals surface area contributed by atoms with E-state index in [0.29, 0.717) is 0 Å². The van der Waals surface area contributed by atoms with Gasteiger partial charge in [-0.3, -0.25) is 9.59 Å². The van der Waals surface area contributed by atoms with Gasteiger partial charge in [-0.15, -0.1) is 0 Å². The third-order valence-corrected chi connectivity index (χ3v) is 1.44. The molecule has 6 heteroatoms. The van der Waals surface area contributed by atoms with E-state index in [1.54, 1.807) is 0 Å². The molecule has 90 valence electrons. The maximum absolute atomic E-state index is 9.64. The van der Waals surface area contributed by atoms with E-state index in [0.717, 1.165) is 12.8 Å². The van der Waals surface area contributed by atoms with Gasteiger partial charge in [-0.05, 0) is 6.42 Å². The third-order valence-electron chi connectivity index (χ3n) is 1.44. The summed E-state index contributed by atoms with van der Waals surface area (Å²) in [6.07, 6.45) is 2.60. The minimum atomic E-state index is -1.08. The Kier molecular flexibility index (Phi) is 11.9. The van der Waals surface area contributed by atoms with Crippen molar-refractivity contribution in [2.75, 3.05) is 0 Å². The van der Waals surface area contributed by atoms with Gasteiger partial charge in [0.2, 0.25) is 0 Å². The summed E-state index contributed by atoms with van der Waals surface area (Å²) in [5.74, 6) is -2.15. The number of unbranched alkanes of at least 4 members (excludes halogenated alkanes) is 1. The van der Waals surface area contributed by atoms with Crippen molar-refractivity contribution < 1.29 is 19.8 Å². The summed E-state index contributed by atoms with van der Waals surface area (Å²) in [7, 11) is 0. The van der Waals surface area contributed by atoms with E-state index < -0.39 is 11.9 Å². The Balaban J connectivity index is 0. The van der Waals surface area contributed by atoms with Crippen LogP contribution < -0.4 is 11.5 Å². The zero-order chi connectivity index (χ0) is 12.3. The third kappa shape index (κ3) is 24.6. The Bertz CT molecular complexity index is 169. The van der Waals surface area contributed by atoms with Crippen molar-refractivity contribution in [2.45, 2.75) is 45.2 Å². The number of carboxylic acids is 2. The molecule has 0 unspecified atom stereocenters. The second-order valence-electron chi connectivity index (χ2n) is 3.09. The minimum absolute atomic E-state index is 0.0973.